The number of carbonyl (C=O) groups is 1. The monoisotopic (exact) mass is 609 g/mol. The third-order valence-electron chi connectivity index (χ3n) is 10.7. The Morgan fingerprint density at radius 1 is 0.867 bits per heavy atom. The van der Waals surface area contributed by atoms with Crippen molar-refractivity contribution in [3.05, 3.63) is 101 Å². The maximum Gasteiger partial charge on any atom is 0.319 e. The molecule has 8 rings (SSSR count). The molecule has 0 radical (unpaired) electrons. The van der Waals surface area contributed by atoms with Gasteiger partial charge in [0, 0.05) is 35.8 Å². The van der Waals surface area contributed by atoms with Crippen molar-refractivity contribution in [2.24, 2.45) is 23.7 Å². The second-order valence-corrected chi connectivity index (χ2v) is 14.4. The molecule has 1 heterocycles. The van der Waals surface area contributed by atoms with Gasteiger partial charge in [0.15, 0.2) is 6.29 Å². The zero-order valence-corrected chi connectivity index (χ0v) is 26.5. The fraction of sp³-hybridized carbons (Fsp3) is 0.500. The fourth-order valence-corrected chi connectivity index (χ4v) is 9.02. The molecule has 2 amide bonds. The summed E-state index contributed by atoms with van der Waals surface area (Å²) in [5, 5.41) is 16.2. The van der Waals surface area contributed by atoms with Gasteiger partial charge in [-0.2, -0.15) is 0 Å². The zero-order chi connectivity index (χ0) is 31.0. The van der Waals surface area contributed by atoms with E-state index >= 15 is 0 Å². The quantitative estimate of drug-likeness (QED) is 0.239. The average molecular weight is 610 g/mol. The van der Waals surface area contributed by atoms with Crippen LogP contribution < -0.4 is 10.6 Å². The first-order valence-electron chi connectivity index (χ1n) is 16.8. The Morgan fingerprint density at radius 2 is 1.56 bits per heavy atom. The molecule has 3 aromatic carbocycles. The molecule has 45 heavy (non-hydrogen) atoms. The van der Waals surface area contributed by atoms with Crippen molar-refractivity contribution in [3.8, 4) is 0 Å². The van der Waals surface area contributed by atoms with E-state index in [4.69, 9.17) is 9.47 Å². The molecule has 4 aliphatic carbocycles. The summed E-state index contributed by atoms with van der Waals surface area (Å²) in [7, 11) is 2.13. The molecule has 4 atom stereocenters. The lowest BCUT2D eigenvalue weighted by molar-refractivity contribution is -0.276. The van der Waals surface area contributed by atoms with E-state index in [0.29, 0.717) is 0 Å². The van der Waals surface area contributed by atoms with Crippen LogP contribution in [0.5, 0.6) is 0 Å². The van der Waals surface area contributed by atoms with E-state index in [1.165, 1.54) is 24.8 Å². The van der Waals surface area contributed by atoms with E-state index in [0.717, 1.165) is 72.5 Å². The molecule has 238 valence electrons. The standard InChI is InChI=1S/C38H47N3O4/c1-25-34(23-41(2)22-26-7-4-3-5-8-26)44-36(45-35(25)31-13-11-27(24-42)12-14-31)32-9-6-10-33(18-32)39-37(43)40-38-19-28-15-29(20-38)17-30(16-28)21-38/h3-14,18,25,28-30,34-36,42H,15-17,19-24H2,1-2H3,(H2,39,40,43). The van der Waals surface area contributed by atoms with Gasteiger partial charge < -0.3 is 25.2 Å². The lowest BCUT2D eigenvalue weighted by Gasteiger charge is -2.56. The number of carbonyl (C=O) groups excluding carboxylic acids is 1. The molecule has 1 aliphatic heterocycles. The first kappa shape index (κ1) is 30.4. The van der Waals surface area contributed by atoms with E-state index < -0.39 is 6.29 Å². The number of nitrogens with one attached hydrogen (secondary N) is 2. The molecule has 5 fully saturated rings. The second-order valence-electron chi connectivity index (χ2n) is 14.4. The van der Waals surface area contributed by atoms with Crippen molar-refractivity contribution < 1.29 is 19.4 Å². The molecule has 7 nitrogen and oxygen atoms in total. The van der Waals surface area contributed by atoms with Gasteiger partial charge in [-0.05, 0) is 92.1 Å². The third kappa shape index (κ3) is 6.82. The summed E-state index contributed by atoms with van der Waals surface area (Å²) in [5.41, 5.74) is 4.77. The number of urea groups is 1. The molecule has 7 heteroatoms. The Morgan fingerprint density at radius 3 is 2.22 bits per heavy atom. The minimum absolute atomic E-state index is 0.0102. The van der Waals surface area contributed by atoms with Gasteiger partial charge in [0.1, 0.15) is 0 Å². The van der Waals surface area contributed by atoms with Gasteiger partial charge in [-0.3, -0.25) is 4.90 Å². The molecule has 4 saturated carbocycles. The number of hydrogen-bond donors (Lipinski definition) is 3. The fourth-order valence-electron chi connectivity index (χ4n) is 9.02. The summed E-state index contributed by atoms with van der Waals surface area (Å²) < 4.78 is 13.4. The summed E-state index contributed by atoms with van der Waals surface area (Å²) in [4.78, 5) is 15.6. The number of amides is 2. The van der Waals surface area contributed by atoms with E-state index in [2.05, 4.69) is 53.8 Å². The van der Waals surface area contributed by atoms with Crippen molar-refractivity contribution >= 4 is 11.7 Å². The van der Waals surface area contributed by atoms with Crippen LogP contribution in [0.25, 0.3) is 0 Å². The van der Waals surface area contributed by atoms with Crippen molar-refractivity contribution in [3.63, 3.8) is 0 Å². The Bertz CT molecular complexity index is 1430. The smallest absolute Gasteiger partial charge is 0.319 e. The number of anilines is 1. The van der Waals surface area contributed by atoms with E-state index in [9.17, 15) is 9.90 Å². The zero-order valence-electron chi connectivity index (χ0n) is 26.5. The normalized spacial score (nSPS) is 32.0. The van der Waals surface area contributed by atoms with Crippen LogP contribution in [0.4, 0.5) is 10.5 Å². The van der Waals surface area contributed by atoms with E-state index in [1.54, 1.807) is 0 Å². The lowest BCUT2D eigenvalue weighted by Crippen LogP contribution is -2.60. The third-order valence-corrected chi connectivity index (χ3v) is 10.7. The van der Waals surface area contributed by atoms with Crippen molar-refractivity contribution in [1.82, 2.24) is 10.2 Å². The van der Waals surface area contributed by atoms with E-state index in [-0.39, 0.29) is 36.3 Å². The minimum atomic E-state index is -0.591. The SMILES string of the molecule is CC1C(CN(C)Cc2ccccc2)OC(c2cccc(NC(=O)NC34CC5CC(CC(C5)C3)C4)c2)OC1c1ccc(CO)cc1. The Balaban J connectivity index is 1.07. The summed E-state index contributed by atoms with van der Waals surface area (Å²) in [6, 6.07) is 26.3. The number of benzene rings is 3. The van der Waals surface area contributed by atoms with Crippen LogP contribution in [-0.2, 0) is 22.6 Å². The molecular weight excluding hydrogens is 562 g/mol. The number of nitrogens with zero attached hydrogens (tertiary/aromatic N) is 1. The maximum absolute atomic E-state index is 13.3. The number of aliphatic hydroxyl groups excluding tert-OH is 1. The van der Waals surface area contributed by atoms with Crippen LogP contribution in [0.2, 0.25) is 0 Å². The molecule has 4 unspecified atom stereocenters. The lowest BCUT2D eigenvalue weighted by atomic mass is 9.53. The minimum Gasteiger partial charge on any atom is -0.392 e. The van der Waals surface area contributed by atoms with Gasteiger partial charge in [0.2, 0.25) is 0 Å². The van der Waals surface area contributed by atoms with Gasteiger partial charge in [0.25, 0.3) is 0 Å². The first-order chi connectivity index (χ1) is 21.8. The average Bonchev–Trinajstić information content (AvgIpc) is 3.02. The number of likely N-dealkylation sites (N-methyl/N-ethyl adjacent to an activating group) is 1. The molecule has 3 N–H and O–H groups in total. The topological polar surface area (TPSA) is 83.1 Å². The van der Waals surface area contributed by atoms with Crippen molar-refractivity contribution in [2.45, 2.75) is 82.6 Å². The molecule has 5 aliphatic rings. The van der Waals surface area contributed by atoms with E-state index in [1.807, 2.05) is 54.6 Å². The maximum atomic E-state index is 13.3. The number of aliphatic hydroxyl groups is 1. The van der Waals surface area contributed by atoms with Crippen molar-refractivity contribution in [2.75, 3.05) is 18.9 Å². The summed E-state index contributed by atoms with van der Waals surface area (Å²) in [6.07, 6.45) is 6.53. The Labute approximate surface area is 267 Å². The van der Waals surface area contributed by atoms with Gasteiger partial charge in [-0.15, -0.1) is 0 Å². The van der Waals surface area contributed by atoms with Gasteiger partial charge in [-0.1, -0.05) is 73.7 Å². The molecule has 0 aromatic heterocycles. The Hall–Kier alpha value is -3.23. The molecule has 4 bridgehead atoms. The van der Waals surface area contributed by atoms with Crippen LogP contribution in [0.15, 0.2) is 78.9 Å². The summed E-state index contributed by atoms with van der Waals surface area (Å²) >= 11 is 0. The predicted octanol–water partition coefficient (Wildman–Crippen LogP) is 7.19. The second kappa shape index (κ2) is 12.9. The van der Waals surface area contributed by atoms with Crippen LogP contribution >= 0.6 is 0 Å². The van der Waals surface area contributed by atoms with Crippen LogP contribution in [0.3, 0.4) is 0 Å². The summed E-state index contributed by atoms with van der Waals surface area (Å²) in [6.45, 7) is 3.77. The highest BCUT2D eigenvalue weighted by Gasteiger charge is 2.51. The highest BCUT2D eigenvalue weighted by Crippen LogP contribution is 2.55. The highest BCUT2D eigenvalue weighted by molar-refractivity contribution is 5.90. The Kier molecular flexibility index (Phi) is 8.71. The van der Waals surface area contributed by atoms with Gasteiger partial charge >= 0.3 is 6.03 Å². The van der Waals surface area contributed by atoms with Gasteiger partial charge in [-0.25, -0.2) is 4.79 Å². The largest absolute Gasteiger partial charge is 0.392 e. The van der Waals surface area contributed by atoms with Crippen LogP contribution in [0, 0.1) is 23.7 Å². The number of hydrogen-bond acceptors (Lipinski definition) is 5. The van der Waals surface area contributed by atoms with Crippen LogP contribution in [-0.4, -0.2) is 41.3 Å². The van der Waals surface area contributed by atoms with Crippen LogP contribution in [0.1, 0.15) is 80.1 Å². The number of ether oxygens (including phenoxy) is 2. The van der Waals surface area contributed by atoms with Gasteiger partial charge in [0.05, 0.1) is 18.8 Å². The molecular formula is C38H47N3O4. The molecule has 1 saturated heterocycles. The molecule has 0 spiro atoms. The summed E-state index contributed by atoms with van der Waals surface area (Å²) in [5.74, 6) is 2.41. The highest BCUT2D eigenvalue weighted by atomic mass is 16.7. The number of rotatable bonds is 9. The predicted molar refractivity (Wildman–Crippen MR) is 175 cm³/mol. The first-order valence-corrected chi connectivity index (χ1v) is 16.8. The van der Waals surface area contributed by atoms with Crippen molar-refractivity contribution in [1.29, 1.82) is 0 Å². The molecule has 3 aromatic rings.